The summed E-state index contributed by atoms with van der Waals surface area (Å²) in [7, 11) is -3.66. The summed E-state index contributed by atoms with van der Waals surface area (Å²) in [6, 6.07) is 10.1. The second-order valence-corrected chi connectivity index (χ2v) is 9.04. The van der Waals surface area contributed by atoms with Crippen molar-refractivity contribution in [3.63, 3.8) is 0 Å². The largest absolute Gasteiger partial charge is 0.353 e. The fraction of sp³-hybridized carbons (Fsp3) is 0.400. The molecule has 156 valence electrons. The predicted molar refractivity (Wildman–Crippen MR) is 114 cm³/mol. The van der Waals surface area contributed by atoms with Crippen molar-refractivity contribution in [1.82, 2.24) is 14.2 Å². The van der Waals surface area contributed by atoms with Crippen molar-refractivity contribution in [2.24, 2.45) is 0 Å². The third-order valence-corrected chi connectivity index (χ3v) is 7.43. The van der Waals surface area contributed by atoms with Gasteiger partial charge in [0.2, 0.25) is 10.0 Å². The minimum Gasteiger partial charge on any atom is -0.353 e. The smallest absolute Gasteiger partial charge is 0.255 e. The summed E-state index contributed by atoms with van der Waals surface area (Å²) in [5.74, 6) is 0.622. The second-order valence-electron chi connectivity index (χ2n) is 6.70. The Labute approximate surface area is 176 Å². The van der Waals surface area contributed by atoms with Crippen LogP contribution in [0.15, 0.2) is 47.5 Å². The first-order chi connectivity index (χ1) is 13.9. The van der Waals surface area contributed by atoms with E-state index in [0.29, 0.717) is 39.3 Å². The van der Waals surface area contributed by atoms with Crippen LogP contribution in [0.5, 0.6) is 0 Å². The number of halogens is 1. The van der Waals surface area contributed by atoms with E-state index in [1.54, 1.807) is 24.9 Å². The van der Waals surface area contributed by atoms with E-state index < -0.39 is 10.0 Å². The van der Waals surface area contributed by atoms with E-state index >= 15 is 0 Å². The van der Waals surface area contributed by atoms with Crippen LogP contribution in [0.2, 0.25) is 5.02 Å². The molecule has 0 aliphatic carbocycles. The Morgan fingerprint density at radius 3 is 2.38 bits per heavy atom. The first-order valence-electron chi connectivity index (χ1n) is 9.63. The van der Waals surface area contributed by atoms with Crippen molar-refractivity contribution in [3.8, 4) is 0 Å². The lowest BCUT2D eigenvalue weighted by Crippen LogP contribution is -2.49. The number of carbonyl (C=O) groups excluding carboxylic acids is 1. The minimum atomic E-state index is -3.66. The van der Waals surface area contributed by atoms with Gasteiger partial charge in [-0.1, -0.05) is 31.5 Å². The number of sulfonamides is 1. The van der Waals surface area contributed by atoms with Gasteiger partial charge in [-0.15, -0.1) is 0 Å². The summed E-state index contributed by atoms with van der Waals surface area (Å²) in [5.41, 5.74) is 0.214. The number of hydrogen-bond acceptors (Lipinski definition) is 5. The summed E-state index contributed by atoms with van der Waals surface area (Å²) in [4.78, 5) is 21.3. The standard InChI is InChI=1S/C20H25ClN4O3S/c1-3-25(4-2)29(27,28)16-8-9-18(21)17(15-16)20(26)24-13-11-23(12-14-24)19-7-5-6-10-22-19/h5-10,15H,3-4,11-14H2,1-2H3. The number of hydrogen-bond donors (Lipinski definition) is 0. The van der Waals surface area contributed by atoms with Crippen LogP contribution < -0.4 is 4.90 Å². The van der Waals surface area contributed by atoms with Crippen molar-refractivity contribution in [2.45, 2.75) is 18.7 Å². The van der Waals surface area contributed by atoms with Crippen LogP contribution in [0.3, 0.4) is 0 Å². The summed E-state index contributed by atoms with van der Waals surface area (Å²) in [6.45, 7) is 6.61. The molecular weight excluding hydrogens is 412 g/mol. The van der Waals surface area contributed by atoms with E-state index in [2.05, 4.69) is 9.88 Å². The molecule has 0 N–H and O–H groups in total. The highest BCUT2D eigenvalue weighted by Crippen LogP contribution is 2.25. The molecule has 1 aromatic heterocycles. The number of amides is 1. The van der Waals surface area contributed by atoms with Gasteiger partial charge in [-0.3, -0.25) is 4.79 Å². The number of benzene rings is 1. The second kappa shape index (κ2) is 9.11. The zero-order chi connectivity index (χ0) is 21.0. The summed E-state index contributed by atoms with van der Waals surface area (Å²) in [5, 5.41) is 0.251. The molecule has 1 aliphatic rings. The van der Waals surface area contributed by atoms with Crippen molar-refractivity contribution < 1.29 is 13.2 Å². The van der Waals surface area contributed by atoms with Crippen LogP contribution in [-0.2, 0) is 10.0 Å². The average molecular weight is 437 g/mol. The van der Waals surface area contributed by atoms with Gasteiger partial charge in [0, 0.05) is 45.5 Å². The Bertz CT molecular complexity index is 957. The molecule has 1 saturated heterocycles. The van der Waals surface area contributed by atoms with Crippen LogP contribution in [-0.4, -0.2) is 67.8 Å². The quantitative estimate of drug-likeness (QED) is 0.696. The van der Waals surface area contributed by atoms with Crippen molar-refractivity contribution >= 4 is 33.3 Å². The Morgan fingerprint density at radius 2 is 1.79 bits per heavy atom. The summed E-state index contributed by atoms with van der Waals surface area (Å²) in [6.07, 6.45) is 1.74. The number of anilines is 1. The van der Waals surface area contributed by atoms with Crippen LogP contribution >= 0.6 is 11.6 Å². The molecule has 0 radical (unpaired) electrons. The molecule has 2 heterocycles. The Kier molecular flexibility index (Phi) is 6.77. The van der Waals surface area contributed by atoms with E-state index in [0.717, 1.165) is 5.82 Å². The molecule has 29 heavy (non-hydrogen) atoms. The van der Waals surface area contributed by atoms with Gasteiger partial charge in [-0.2, -0.15) is 4.31 Å². The van der Waals surface area contributed by atoms with E-state index in [-0.39, 0.29) is 21.4 Å². The molecule has 0 bridgehead atoms. The lowest BCUT2D eigenvalue weighted by atomic mass is 10.1. The molecule has 1 aliphatic heterocycles. The van der Waals surface area contributed by atoms with Gasteiger partial charge in [-0.05, 0) is 30.3 Å². The number of nitrogens with zero attached hydrogens (tertiary/aromatic N) is 4. The molecule has 0 spiro atoms. The van der Waals surface area contributed by atoms with E-state index in [9.17, 15) is 13.2 Å². The van der Waals surface area contributed by atoms with Gasteiger partial charge in [0.1, 0.15) is 5.82 Å². The van der Waals surface area contributed by atoms with Gasteiger partial charge in [0.15, 0.2) is 0 Å². The van der Waals surface area contributed by atoms with E-state index in [4.69, 9.17) is 11.6 Å². The maximum atomic E-state index is 13.1. The number of carbonyl (C=O) groups is 1. The van der Waals surface area contributed by atoms with Gasteiger partial charge < -0.3 is 9.80 Å². The van der Waals surface area contributed by atoms with E-state index in [1.807, 2.05) is 18.2 Å². The number of rotatable bonds is 6. The fourth-order valence-corrected chi connectivity index (χ4v) is 5.07. The van der Waals surface area contributed by atoms with Gasteiger partial charge >= 0.3 is 0 Å². The molecule has 2 aromatic rings. The predicted octanol–water partition coefficient (Wildman–Crippen LogP) is 2.73. The van der Waals surface area contributed by atoms with Gasteiger partial charge in [-0.25, -0.2) is 13.4 Å². The van der Waals surface area contributed by atoms with E-state index in [1.165, 1.54) is 22.5 Å². The highest BCUT2D eigenvalue weighted by Gasteiger charge is 2.27. The molecule has 7 nitrogen and oxygen atoms in total. The molecule has 1 fully saturated rings. The van der Waals surface area contributed by atoms with Gasteiger partial charge in [0.25, 0.3) is 5.91 Å². The zero-order valence-electron chi connectivity index (χ0n) is 16.6. The zero-order valence-corrected chi connectivity index (χ0v) is 18.2. The number of aromatic nitrogens is 1. The molecule has 0 atom stereocenters. The van der Waals surface area contributed by atoms with Crippen molar-refractivity contribution in [1.29, 1.82) is 0 Å². The average Bonchev–Trinajstić information content (AvgIpc) is 2.75. The maximum absolute atomic E-state index is 13.1. The SMILES string of the molecule is CCN(CC)S(=O)(=O)c1ccc(Cl)c(C(=O)N2CCN(c3ccccn3)CC2)c1. The first kappa shape index (κ1) is 21.5. The van der Waals surface area contributed by atoms with Gasteiger partial charge in [0.05, 0.1) is 15.5 Å². The monoisotopic (exact) mass is 436 g/mol. The highest BCUT2D eigenvalue weighted by molar-refractivity contribution is 7.89. The van der Waals surface area contributed by atoms with Crippen molar-refractivity contribution in [2.75, 3.05) is 44.2 Å². The lowest BCUT2D eigenvalue weighted by molar-refractivity contribution is 0.0746. The molecule has 3 rings (SSSR count). The molecular formula is C20H25ClN4O3S. The fourth-order valence-electron chi connectivity index (χ4n) is 3.39. The van der Waals surface area contributed by atoms with Crippen LogP contribution in [0.25, 0.3) is 0 Å². The van der Waals surface area contributed by atoms with Crippen LogP contribution in [0, 0.1) is 0 Å². The molecule has 9 heteroatoms. The normalized spacial score (nSPS) is 15.0. The van der Waals surface area contributed by atoms with Crippen LogP contribution in [0.1, 0.15) is 24.2 Å². The number of pyridine rings is 1. The Morgan fingerprint density at radius 1 is 1.10 bits per heavy atom. The molecule has 0 unspecified atom stereocenters. The Hall–Kier alpha value is -2.16. The highest BCUT2D eigenvalue weighted by atomic mass is 35.5. The van der Waals surface area contributed by atoms with Crippen LogP contribution in [0.4, 0.5) is 5.82 Å². The third kappa shape index (κ3) is 4.55. The number of piperazine rings is 1. The molecule has 1 amide bonds. The molecule has 0 saturated carbocycles. The maximum Gasteiger partial charge on any atom is 0.255 e. The first-order valence-corrected chi connectivity index (χ1v) is 11.4. The third-order valence-electron chi connectivity index (χ3n) is 5.05. The summed E-state index contributed by atoms with van der Waals surface area (Å²) >= 11 is 6.26. The lowest BCUT2D eigenvalue weighted by Gasteiger charge is -2.35. The van der Waals surface area contributed by atoms with Crippen molar-refractivity contribution in [3.05, 3.63) is 53.2 Å². The summed E-state index contributed by atoms with van der Waals surface area (Å²) < 4.78 is 27.0. The molecule has 1 aromatic carbocycles. The Balaban J connectivity index is 1.78. The topological polar surface area (TPSA) is 73.8 Å². The minimum absolute atomic E-state index is 0.0843.